The van der Waals surface area contributed by atoms with Crippen LogP contribution in [0.15, 0.2) is 24.3 Å². The van der Waals surface area contributed by atoms with Gasteiger partial charge in [0, 0.05) is 6.54 Å². The summed E-state index contributed by atoms with van der Waals surface area (Å²) in [6.07, 6.45) is 2.82. The van der Waals surface area contributed by atoms with E-state index in [1.807, 2.05) is 13.0 Å². The lowest BCUT2D eigenvalue weighted by atomic mass is 9.87. The van der Waals surface area contributed by atoms with Crippen molar-refractivity contribution < 1.29 is 14.3 Å². The second kappa shape index (κ2) is 9.23. The van der Waals surface area contributed by atoms with Gasteiger partial charge in [-0.1, -0.05) is 32.9 Å². The van der Waals surface area contributed by atoms with Gasteiger partial charge in [-0.3, -0.25) is 4.79 Å². The van der Waals surface area contributed by atoms with Crippen LogP contribution in [0.3, 0.4) is 0 Å². The summed E-state index contributed by atoms with van der Waals surface area (Å²) in [6.45, 7) is 12.7. The molecule has 1 aliphatic rings. The zero-order valence-corrected chi connectivity index (χ0v) is 16.2. The standard InChI is InChI=1S/C21H33NO3/c1-5-24-20(23)17-10-13-22(14-11-17)12-7-15-25-19-9-6-8-18(16-19)21(2,3)4/h6,8-9,16-17H,5,7,10-15H2,1-4H3. The van der Waals surface area contributed by atoms with E-state index in [0.717, 1.165) is 51.3 Å². The van der Waals surface area contributed by atoms with Gasteiger partial charge in [-0.2, -0.15) is 0 Å². The molecular weight excluding hydrogens is 314 g/mol. The predicted molar refractivity (Wildman–Crippen MR) is 101 cm³/mol. The topological polar surface area (TPSA) is 38.8 Å². The van der Waals surface area contributed by atoms with Crippen molar-refractivity contribution in [3.05, 3.63) is 29.8 Å². The zero-order valence-electron chi connectivity index (χ0n) is 16.2. The second-order valence-electron chi connectivity index (χ2n) is 7.85. The largest absolute Gasteiger partial charge is 0.494 e. The van der Waals surface area contributed by atoms with Crippen LogP contribution in [0.4, 0.5) is 0 Å². The summed E-state index contributed by atoms with van der Waals surface area (Å²) < 4.78 is 11.0. The van der Waals surface area contributed by atoms with E-state index < -0.39 is 0 Å². The van der Waals surface area contributed by atoms with Crippen molar-refractivity contribution in [2.24, 2.45) is 5.92 Å². The van der Waals surface area contributed by atoms with Crippen LogP contribution in [-0.2, 0) is 14.9 Å². The fourth-order valence-corrected chi connectivity index (χ4v) is 3.18. The van der Waals surface area contributed by atoms with E-state index >= 15 is 0 Å². The van der Waals surface area contributed by atoms with Crippen LogP contribution in [0.2, 0.25) is 0 Å². The number of carbonyl (C=O) groups is 1. The van der Waals surface area contributed by atoms with E-state index in [9.17, 15) is 4.79 Å². The Kier molecular flexibility index (Phi) is 7.30. The molecule has 0 spiro atoms. The lowest BCUT2D eigenvalue weighted by molar-refractivity contribution is -0.149. The Balaban J connectivity index is 1.67. The Labute approximate surface area is 152 Å². The summed E-state index contributed by atoms with van der Waals surface area (Å²) in [5.41, 5.74) is 1.44. The molecule has 1 heterocycles. The normalized spacial score (nSPS) is 16.6. The number of hydrogen-bond donors (Lipinski definition) is 0. The van der Waals surface area contributed by atoms with Crippen molar-refractivity contribution in [2.45, 2.75) is 52.4 Å². The number of hydrogen-bond acceptors (Lipinski definition) is 4. The van der Waals surface area contributed by atoms with Gasteiger partial charge in [-0.05, 0) is 62.4 Å². The maximum atomic E-state index is 11.8. The molecule has 0 saturated carbocycles. The van der Waals surface area contributed by atoms with E-state index in [2.05, 4.69) is 43.9 Å². The summed E-state index contributed by atoms with van der Waals surface area (Å²) in [5, 5.41) is 0. The highest BCUT2D eigenvalue weighted by Crippen LogP contribution is 2.25. The monoisotopic (exact) mass is 347 g/mol. The van der Waals surface area contributed by atoms with E-state index in [1.165, 1.54) is 5.56 Å². The average molecular weight is 347 g/mol. The third kappa shape index (κ3) is 6.35. The van der Waals surface area contributed by atoms with E-state index in [1.54, 1.807) is 0 Å². The van der Waals surface area contributed by atoms with E-state index in [0.29, 0.717) is 6.61 Å². The van der Waals surface area contributed by atoms with Crippen molar-refractivity contribution in [1.29, 1.82) is 0 Å². The minimum Gasteiger partial charge on any atom is -0.494 e. The second-order valence-corrected chi connectivity index (χ2v) is 7.85. The smallest absolute Gasteiger partial charge is 0.309 e. The first-order valence-electron chi connectivity index (χ1n) is 9.52. The van der Waals surface area contributed by atoms with Gasteiger partial charge >= 0.3 is 5.97 Å². The van der Waals surface area contributed by atoms with Gasteiger partial charge < -0.3 is 14.4 Å². The minimum absolute atomic E-state index is 0.0239. The molecule has 0 aromatic heterocycles. The SMILES string of the molecule is CCOC(=O)C1CCN(CCCOc2cccc(C(C)(C)C)c2)CC1. The molecule has 0 bridgehead atoms. The molecule has 0 radical (unpaired) electrons. The van der Waals surface area contributed by atoms with Crippen LogP contribution in [-0.4, -0.2) is 43.7 Å². The molecule has 0 aliphatic carbocycles. The average Bonchev–Trinajstić information content (AvgIpc) is 2.59. The number of benzene rings is 1. The molecule has 1 fully saturated rings. The molecule has 0 atom stereocenters. The first kappa shape index (κ1) is 19.8. The summed E-state index contributed by atoms with van der Waals surface area (Å²) in [5.74, 6) is 1.02. The Bertz CT molecular complexity index is 542. The lowest BCUT2D eigenvalue weighted by Gasteiger charge is -2.30. The van der Waals surface area contributed by atoms with Gasteiger partial charge in [0.2, 0.25) is 0 Å². The fraction of sp³-hybridized carbons (Fsp3) is 0.667. The Morgan fingerprint density at radius 2 is 1.96 bits per heavy atom. The highest BCUT2D eigenvalue weighted by atomic mass is 16.5. The highest BCUT2D eigenvalue weighted by Gasteiger charge is 2.25. The van der Waals surface area contributed by atoms with Crippen LogP contribution in [0.1, 0.15) is 52.5 Å². The highest BCUT2D eigenvalue weighted by molar-refractivity contribution is 5.72. The Hall–Kier alpha value is -1.55. The zero-order chi connectivity index (χ0) is 18.3. The van der Waals surface area contributed by atoms with Crippen LogP contribution in [0, 0.1) is 5.92 Å². The number of ether oxygens (including phenoxy) is 2. The predicted octanol–water partition coefficient (Wildman–Crippen LogP) is 4.03. The van der Waals surface area contributed by atoms with Crippen molar-refractivity contribution >= 4 is 5.97 Å². The molecule has 4 heteroatoms. The molecule has 2 rings (SSSR count). The first-order valence-corrected chi connectivity index (χ1v) is 9.52. The number of esters is 1. The van der Waals surface area contributed by atoms with Gasteiger partial charge in [0.1, 0.15) is 5.75 Å². The number of piperidine rings is 1. The molecule has 1 saturated heterocycles. The van der Waals surface area contributed by atoms with Crippen molar-refractivity contribution in [2.75, 3.05) is 32.8 Å². The number of carbonyl (C=O) groups excluding carboxylic acids is 1. The van der Waals surface area contributed by atoms with E-state index in [4.69, 9.17) is 9.47 Å². The quantitative estimate of drug-likeness (QED) is 0.551. The van der Waals surface area contributed by atoms with Crippen molar-refractivity contribution in [3.8, 4) is 5.75 Å². The molecule has 1 aromatic rings. The fourth-order valence-electron chi connectivity index (χ4n) is 3.18. The summed E-state index contributed by atoms with van der Waals surface area (Å²) in [6, 6.07) is 8.39. The summed E-state index contributed by atoms with van der Waals surface area (Å²) in [4.78, 5) is 14.2. The molecule has 140 valence electrons. The number of nitrogens with zero attached hydrogens (tertiary/aromatic N) is 1. The Morgan fingerprint density at radius 3 is 2.60 bits per heavy atom. The van der Waals surface area contributed by atoms with Gasteiger partial charge in [0.15, 0.2) is 0 Å². The van der Waals surface area contributed by atoms with Gasteiger partial charge in [-0.15, -0.1) is 0 Å². The molecule has 1 aromatic carbocycles. The Morgan fingerprint density at radius 1 is 1.24 bits per heavy atom. The molecule has 1 aliphatic heterocycles. The van der Waals surface area contributed by atoms with Crippen LogP contribution < -0.4 is 4.74 Å². The molecule has 0 amide bonds. The number of rotatable bonds is 7. The summed E-state index contributed by atoms with van der Waals surface area (Å²) >= 11 is 0. The summed E-state index contributed by atoms with van der Waals surface area (Å²) in [7, 11) is 0. The molecule has 4 nitrogen and oxygen atoms in total. The molecule has 0 unspecified atom stereocenters. The van der Waals surface area contributed by atoms with Crippen LogP contribution >= 0.6 is 0 Å². The van der Waals surface area contributed by atoms with Crippen LogP contribution in [0.5, 0.6) is 5.75 Å². The molecule has 0 N–H and O–H groups in total. The van der Waals surface area contributed by atoms with Crippen molar-refractivity contribution in [1.82, 2.24) is 4.90 Å². The molecular formula is C21H33NO3. The van der Waals surface area contributed by atoms with Gasteiger partial charge in [0.25, 0.3) is 0 Å². The maximum Gasteiger partial charge on any atom is 0.309 e. The third-order valence-corrected chi connectivity index (χ3v) is 4.79. The first-order chi connectivity index (χ1) is 11.9. The van der Waals surface area contributed by atoms with Crippen molar-refractivity contribution in [3.63, 3.8) is 0 Å². The van der Waals surface area contributed by atoms with Gasteiger partial charge in [-0.25, -0.2) is 0 Å². The van der Waals surface area contributed by atoms with Crippen LogP contribution in [0.25, 0.3) is 0 Å². The lowest BCUT2D eigenvalue weighted by Crippen LogP contribution is -2.37. The van der Waals surface area contributed by atoms with E-state index in [-0.39, 0.29) is 17.3 Å². The van der Waals surface area contributed by atoms with Gasteiger partial charge in [0.05, 0.1) is 19.1 Å². The maximum absolute atomic E-state index is 11.8. The third-order valence-electron chi connectivity index (χ3n) is 4.79. The number of likely N-dealkylation sites (tertiary alicyclic amines) is 1. The molecule has 25 heavy (non-hydrogen) atoms. The minimum atomic E-state index is -0.0239.